The van der Waals surface area contributed by atoms with Gasteiger partial charge in [-0.3, -0.25) is 0 Å². The Hall–Kier alpha value is -0.920. The minimum atomic E-state index is 0.146. The molecule has 0 aromatic heterocycles. The maximum atomic E-state index is 8.79. The third kappa shape index (κ3) is 2.29. The molecule has 0 atom stereocenters. The van der Waals surface area contributed by atoms with Gasteiger partial charge in [-0.25, -0.2) is 0 Å². The van der Waals surface area contributed by atoms with Crippen molar-refractivity contribution < 1.29 is 5.11 Å². The maximum absolute atomic E-state index is 8.79. The summed E-state index contributed by atoms with van der Waals surface area (Å²) in [5, 5.41) is 8.79. The molecule has 46 valence electrons. The summed E-state index contributed by atoms with van der Waals surface area (Å²) < 4.78 is 0. The van der Waals surface area contributed by atoms with Crippen molar-refractivity contribution in [2.45, 2.75) is 13.8 Å². The van der Waals surface area contributed by atoms with Crippen molar-refractivity contribution in [3.8, 4) is 0 Å². The molecule has 0 fully saturated rings. The summed E-state index contributed by atoms with van der Waals surface area (Å²) in [7, 11) is 0. The van der Waals surface area contributed by atoms with Gasteiger partial charge < -0.3 is 10.8 Å². The second kappa shape index (κ2) is 3.13. The number of hydrogen-bond acceptors (Lipinski definition) is 2. The minimum Gasteiger partial charge on any atom is -0.506 e. The minimum absolute atomic E-state index is 0.146. The molecular formula is C6H11NO. The van der Waals surface area contributed by atoms with Gasteiger partial charge in [0.1, 0.15) is 5.76 Å². The van der Waals surface area contributed by atoms with Crippen molar-refractivity contribution in [2.75, 3.05) is 0 Å². The molecule has 8 heavy (non-hydrogen) atoms. The Balaban J connectivity index is 4.00. The molecule has 0 radical (unpaired) electrons. The zero-order chi connectivity index (χ0) is 6.57. The molecule has 0 aliphatic carbocycles. The van der Waals surface area contributed by atoms with Crippen LogP contribution in [0, 0.1) is 0 Å². The van der Waals surface area contributed by atoms with Gasteiger partial charge in [-0.2, -0.15) is 0 Å². The molecule has 0 bridgehead atoms. The molecule has 0 unspecified atom stereocenters. The van der Waals surface area contributed by atoms with Crippen LogP contribution in [0.2, 0.25) is 0 Å². The van der Waals surface area contributed by atoms with Crippen LogP contribution in [0.15, 0.2) is 23.6 Å². The van der Waals surface area contributed by atoms with Gasteiger partial charge in [0.2, 0.25) is 0 Å². The van der Waals surface area contributed by atoms with E-state index >= 15 is 0 Å². The molecule has 3 N–H and O–H groups in total. The lowest BCUT2D eigenvalue weighted by atomic mass is 10.4. The van der Waals surface area contributed by atoms with E-state index in [0.29, 0.717) is 5.70 Å². The first-order valence-electron chi connectivity index (χ1n) is 2.46. The number of nitrogens with two attached hydrogens (primary N) is 1. The largest absolute Gasteiger partial charge is 0.506 e. The van der Waals surface area contributed by atoms with E-state index in [1.54, 1.807) is 19.1 Å². The molecule has 0 heterocycles. The summed E-state index contributed by atoms with van der Waals surface area (Å²) in [6.07, 6.45) is 3.28. The Bertz CT molecular complexity index is 120. The topological polar surface area (TPSA) is 46.2 Å². The maximum Gasteiger partial charge on any atom is 0.133 e. The third-order valence-corrected chi connectivity index (χ3v) is 0.729. The van der Waals surface area contributed by atoms with E-state index in [0.717, 1.165) is 0 Å². The molecular weight excluding hydrogens is 102 g/mol. The molecule has 0 amide bonds. The lowest BCUT2D eigenvalue weighted by Gasteiger charge is -1.91. The van der Waals surface area contributed by atoms with E-state index in [4.69, 9.17) is 10.8 Å². The van der Waals surface area contributed by atoms with Crippen LogP contribution in [-0.4, -0.2) is 5.11 Å². The van der Waals surface area contributed by atoms with Crippen LogP contribution in [0.4, 0.5) is 0 Å². The third-order valence-electron chi connectivity index (χ3n) is 0.729. The first-order valence-corrected chi connectivity index (χ1v) is 2.46. The Morgan fingerprint density at radius 2 is 2.12 bits per heavy atom. The van der Waals surface area contributed by atoms with Crippen molar-refractivity contribution in [3.63, 3.8) is 0 Å². The molecule has 0 aliphatic rings. The van der Waals surface area contributed by atoms with Crippen molar-refractivity contribution in [2.24, 2.45) is 5.73 Å². The summed E-state index contributed by atoms with van der Waals surface area (Å²) in [6, 6.07) is 0. The van der Waals surface area contributed by atoms with E-state index in [9.17, 15) is 0 Å². The van der Waals surface area contributed by atoms with E-state index in [1.807, 2.05) is 6.92 Å². The van der Waals surface area contributed by atoms with Crippen LogP contribution in [0.25, 0.3) is 0 Å². The summed E-state index contributed by atoms with van der Waals surface area (Å²) in [4.78, 5) is 0. The van der Waals surface area contributed by atoms with Gasteiger partial charge in [0.25, 0.3) is 0 Å². The molecule has 0 saturated carbocycles. The van der Waals surface area contributed by atoms with E-state index in [-0.39, 0.29) is 5.76 Å². The summed E-state index contributed by atoms with van der Waals surface area (Å²) in [5.41, 5.74) is 5.65. The van der Waals surface area contributed by atoms with Gasteiger partial charge in [0.15, 0.2) is 0 Å². The van der Waals surface area contributed by atoms with Gasteiger partial charge >= 0.3 is 0 Å². The molecule has 0 aromatic carbocycles. The molecule has 0 rings (SSSR count). The Labute approximate surface area is 49.3 Å². The standard InChI is InChI=1S/C6H11NO/c1-3-4-6(8)5(2)7/h3-4,8H,7H2,1-2H3/b4-3-,6-5-. The summed E-state index contributed by atoms with van der Waals surface area (Å²) >= 11 is 0. The first-order chi connectivity index (χ1) is 3.68. The average Bonchev–Trinajstić information content (AvgIpc) is 1.67. The lowest BCUT2D eigenvalue weighted by molar-refractivity contribution is 0.424. The molecule has 0 saturated heterocycles. The second-order valence-electron chi connectivity index (χ2n) is 1.57. The van der Waals surface area contributed by atoms with E-state index < -0.39 is 0 Å². The van der Waals surface area contributed by atoms with Crippen molar-refractivity contribution in [3.05, 3.63) is 23.6 Å². The monoisotopic (exact) mass is 113 g/mol. The Morgan fingerprint density at radius 3 is 2.25 bits per heavy atom. The second-order valence-corrected chi connectivity index (χ2v) is 1.57. The van der Waals surface area contributed by atoms with Crippen LogP contribution in [0.5, 0.6) is 0 Å². The normalized spacial score (nSPS) is 14.2. The van der Waals surface area contributed by atoms with Gasteiger partial charge in [0, 0.05) is 5.70 Å². The van der Waals surface area contributed by atoms with Gasteiger partial charge in [-0.15, -0.1) is 0 Å². The zero-order valence-electron chi connectivity index (χ0n) is 5.18. The van der Waals surface area contributed by atoms with Gasteiger partial charge in [-0.1, -0.05) is 6.08 Å². The highest BCUT2D eigenvalue weighted by Crippen LogP contribution is 1.93. The summed E-state index contributed by atoms with van der Waals surface area (Å²) in [6.45, 7) is 3.47. The Kier molecular flexibility index (Phi) is 2.77. The fourth-order valence-electron chi connectivity index (χ4n) is 0.289. The Morgan fingerprint density at radius 1 is 1.62 bits per heavy atom. The fourth-order valence-corrected chi connectivity index (χ4v) is 0.289. The summed E-state index contributed by atoms with van der Waals surface area (Å²) in [5.74, 6) is 0.146. The highest BCUT2D eigenvalue weighted by Gasteiger charge is 1.84. The smallest absolute Gasteiger partial charge is 0.133 e. The van der Waals surface area contributed by atoms with Gasteiger partial charge in [-0.05, 0) is 19.9 Å². The van der Waals surface area contributed by atoms with Crippen molar-refractivity contribution in [1.29, 1.82) is 0 Å². The lowest BCUT2D eigenvalue weighted by Crippen LogP contribution is -1.94. The molecule has 2 nitrogen and oxygen atoms in total. The highest BCUT2D eigenvalue weighted by molar-refractivity contribution is 5.13. The molecule has 2 heteroatoms. The van der Waals surface area contributed by atoms with Crippen LogP contribution in [0.1, 0.15) is 13.8 Å². The van der Waals surface area contributed by atoms with Crippen LogP contribution in [0.3, 0.4) is 0 Å². The van der Waals surface area contributed by atoms with Crippen molar-refractivity contribution in [1.82, 2.24) is 0 Å². The van der Waals surface area contributed by atoms with Crippen LogP contribution >= 0.6 is 0 Å². The van der Waals surface area contributed by atoms with E-state index in [2.05, 4.69) is 0 Å². The SMILES string of the molecule is C/C=C\C(O)=C(/C)N. The zero-order valence-corrected chi connectivity index (χ0v) is 5.18. The van der Waals surface area contributed by atoms with Crippen molar-refractivity contribution >= 4 is 0 Å². The number of aliphatic hydroxyl groups excluding tert-OH is 1. The number of hydrogen-bond donors (Lipinski definition) is 2. The predicted molar refractivity (Wildman–Crippen MR) is 34.3 cm³/mol. The van der Waals surface area contributed by atoms with Gasteiger partial charge in [0.05, 0.1) is 0 Å². The molecule has 0 aromatic rings. The molecule has 0 spiro atoms. The van der Waals surface area contributed by atoms with E-state index in [1.165, 1.54) is 0 Å². The highest BCUT2D eigenvalue weighted by atomic mass is 16.3. The predicted octanol–water partition coefficient (Wildman–Crippen LogP) is 1.31. The number of allylic oxidation sites excluding steroid dienone is 3. The number of aliphatic hydroxyl groups is 1. The fraction of sp³-hybridized carbons (Fsp3) is 0.333. The first kappa shape index (κ1) is 7.08. The average molecular weight is 113 g/mol. The van der Waals surface area contributed by atoms with Crippen LogP contribution in [-0.2, 0) is 0 Å². The number of rotatable bonds is 1. The van der Waals surface area contributed by atoms with Crippen LogP contribution < -0.4 is 5.73 Å². The molecule has 0 aliphatic heterocycles. The quantitative estimate of drug-likeness (QED) is 0.398.